The van der Waals surface area contributed by atoms with Gasteiger partial charge in [-0.1, -0.05) is 23.7 Å². The Bertz CT molecular complexity index is 578. The lowest BCUT2D eigenvalue weighted by Gasteiger charge is -2.17. The molecule has 20 heavy (non-hydrogen) atoms. The van der Waals surface area contributed by atoms with E-state index < -0.39 is 21.3 Å². The van der Waals surface area contributed by atoms with Gasteiger partial charge in [-0.3, -0.25) is 4.79 Å². The van der Waals surface area contributed by atoms with E-state index in [-0.39, 0.29) is 28.6 Å². The first kappa shape index (κ1) is 16.9. The summed E-state index contributed by atoms with van der Waals surface area (Å²) in [4.78, 5) is 11.6. The summed E-state index contributed by atoms with van der Waals surface area (Å²) in [5.74, 6) is -0.753. The van der Waals surface area contributed by atoms with Crippen LogP contribution in [0.4, 0.5) is 0 Å². The van der Waals surface area contributed by atoms with E-state index in [1.807, 2.05) is 0 Å². The third kappa shape index (κ3) is 5.48. The maximum absolute atomic E-state index is 12.0. The van der Waals surface area contributed by atoms with Crippen molar-refractivity contribution in [2.75, 3.05) is 12.3 Å². The summed E-state index contributed by atoms with van der Waals surface area (Å²) in [6, 6.07) is 6.11. The molecule has 0 aliphatic heterocycles. The van der Waals surface area contributed by atoms with Gasteiger partial charge in [-0.2, -0.15) is 0 Å². The van der Waals surface area contributed by atoms with Crippen LogP contribution in [0.15, 0.2) is 29.2 Å². The van der Waals surface area contributed by atoms with E-state index in [0.717, 1.165) is 0 Å². The Hall–Kier alpha value is -1.11. The normalized spacial score (nSPS) is 12.2. The van der Waals surface area contributed by atoms with Gasteiger partial charge in [0.25, 0.3) is 0 Å². The number of benzene rings is 1. The molecule has 0 spiro atoms. The first-order chi connectivity index (χ1) is 9.12. The molecule has 1 aromatic carbocycles. The molecule has 0 aliphatic rings. The number of aliphatic hydroxyl groups is 1. The molecule has 5 nitrogen and oxygen atoms in total. The molecule has 0 atom stereocenters. The van der Waals surface area contributed by atoms with Crippen molar-refractivity contribution in [3.8, 4) is 0 Å². The quantitative estimate of drug-likeness (QED) is 0.830. The van der Waals surface area contributed by atoms with Gasteiger partial charge in [-0.25, -0.2) is 8.42 Å². The molecule has 0 aromatic heterocycles. The number of halogens is 1. The van der Waals surface area contributed by atoms with Crippen LogP contribution in [0.5, 0.6) is 0 Å². The number of carbonyl (C=O) groups is 1. The summed E-state index contributed by atoms with van der Waals surface area (Å²) in [5.41, 5.74) is -1.03. The molecule has 1 aromatic rings. The van der Waals surface area contributed by atoms with Gasteiger partial charge < -0.3 is 10.4 Å². The van der Waals surface area contributed by atoms with Crippen LogP contribution in [0, 0.1) is 0 Å². The molecule has 0 unspecified atom stereocenters. The predicted octanol–water partition coefficient (Wildman–Crippen LogP) is 1.39. The highest BCUT2D eigenvalue weighted by Crippen LogP contribution is 2.22. The second-order valence-electron chi connectivity index (χ2n) is 5.09. The Morgan fingerprint density at radius 2 is 1.95 bits per heavy atom. The Balaban J connectivity index is 2.61. The number of amides is 1. The molecular weight excluding hydrogens is 302 g/mol. The second kappa shape index (κ2) is 6.56. The molecule has 0 heterocycles. The van der Waals surface area contributed by atoms with E-state index in [2.05, 4.69) is 5.32 Å². The fraction of sp³-hybridized carbons (Fsp3) is 0.462. The van der Waals surface area contributed by atoms with Gasteiger partial charge in [0.2, 0.25) is 5.91 Å². The van der Waals surface area contributed by atoms with Crippen molar-refractivity contribution < 1.29 is 18.3 Å². The molecular formula is C13H18ClNO4S. The van der Waals surface area contributed by atoms with Crippen molar-refractivity contribution in [2.24, 2.45) is 0 Å². The number of rotatable bonds is 6. The highest BCUT2D eigenvalue weighted by atomic mass is 35.5. The van der Waals surface area contributed by atoms with Gasteiger partial charge in [0.15, 0.2) is 9.84 Å². The van der Waals surface area contributed by atoms with E-state index in [0.29, 0.717) is 0 Å². The Kier molecular flexibility index (Phi) is 5.56. The summed E-state index contributed by atoms with van der Waals surface area (Å²) in [6.07, 6.45) is -0.177. The lowest BCUT2D eigenvalue weighted by molar-refractivity contribution is -0.121. The zero-order valence-corrected chi connectivity index (χ0v) is 13.0. The fourth-order valence-electron chi connectivity index (χ4n) is 1.44. The molecule has 2 N–H and O–H groups in total. The van der Waals surface area contributed by atoms with E-state index in [9.17, 15) is 18.3 Å². The number of sulfone groups is 1. The average molecular weight is 320 g/mol. The van der Waals surface area contributed by atoms with Crippen LogP contribution in [0.25, 0.3) is 0 Å². The molecule has 7 heteroatoms. The molecule has 0 saturated heterocycles. The summed E-state index contributed by atoms with van der Waals surface area (Å²) in [5, 5.41) is 12.1. The minimum Gasteiger partial charge on any atom is -0.389 e. The van der Waals surface area contributed by atoms with Crippen LogP contribution >= 0.6 is 11.6 Å². The van der Waals surface area contributed by atoms with Crippen molar-refractivity contribution in [2.45, 2.75) is 30.8 Å². The molecule has 1 amide bonds. The SMILES string of the molecule is CC(C)(O)CNC(=O)CCS(=O)(=O)c1ccccc1Cl. The van der Waals surface area contributed by atoms with E-state index in [4.69, 9.17) is 11.6 Å². The smallest absolute Gasteiger partial charge is 0.221 e. The van der Waals surface area contributed by atoms with Gasteiger partial charge in [0.1, 0.15) is 0 Å². The zero-order valence-electron chi connectivity index (χ0n) is 11.4. The Labute approximate surface area is 123 Å². The van der Waals surface area contributed by atoms with Gasteiger partial charge >= 0.3 is 0 Å². The number of nitrogens with one attached hydrogen (secondary N) is 1. The van der Waals surface area contributed by atoms with Crippen molar-refractivity contribution in [3.05, 3.63) is 29.3 Å². The van der Waals surface area contributed by atoms with Gasteiger partial charge in [-0.05, 0) is 26.0 Å². The summed E-state index contributed by atoms with van der Waals surface area (Å²) in [7, 11) is -3.60. The van der Waals surface area contributed by atoms with Crippen LogP contribution in [-0.4, -0.2) is 37.3 Å². The molecule has 1 rings (SSSR count). The largest absolute Gasteiger partial charge is 0.389 e. The molecule has 0 radical (unpaired) electrons. The molecule has 0 aliphatic carbocycles. The fourth-order valence-corrected chi connectivity index (χ4v) is 3.25. The third-order valence-electron chi connectivity index (χ3n) is 2.49. The summed E-state index contributed by atoms with van der Waals surface area (Å²) < 4.78 is 24.1. The molecule has 0 saturated carbocycles. The Morgan fingerprint density at radius 1 is 1.35 bits per heavy atom. The molecule has 0 bridgehead atoms. The molecule has 112 valence electrons. The van der Waals surface area contributed by atoms with Crippen molar-refractivity contribution in [1.29, 1.82) is 0 Å². The third-order valence-corrected chi connectivity index (χ3v) is 4.70. The summed E-state index contributed by atoms with van der Waals surface area (Å²) in [6.45, 7) is 3.17. The zero-order chi connectivity index (χ0) is 15.4. The maximum Gasteiger partial charge on any atom is 0.221 e. The number of carbonyl (C=O) groups excluding carboxylic acids is 1. The minimum absolute atomic E-state index is 0.0250. The van der Waals surface area contributed by atoms with Crippen LogP contribution in [0.3, 0.4) is 0 Å². The van der Waals surface area contributed by atoms with Crippen molar-refractivity contribution in [1.82, 2.24) is 5.32 Å². The second-order valence-corrected chi connectivity index (χ2v) is 7.57. The monoisotopic (exact) mass is 319 g/mol. The first-order valence-corrected chi connectivity index (χ1v) is 8.11. The van der Waals surface area contributed by atoms with E-state index in [1.54, 1.807) is 26.0 Å². The highest BCUT2D eigenvalue weighted by Gasteiger charge is 2.20. The van der Waals surface area contributed by atoms with Crippen LogP contribution in [-0.2, 0) is 14.6 Å². The standard InChI is InChI=1S/C13H18ClNO4S/c1-13(2,17)9-15-12(16)7-8-20(18,19)11-6-4-3-5-10(11)14/h3-6,17H,7-9H2,1-2H3,(H,15,16). The predicted molar refractivity (Wildman–Crippen MR) is 77.4 cm³/mol. The van der Waals surface area contributed by atoms with Gasteiger partial charge in [0.05, 0.1) is 21.3 Å². The summed E-state index contributed by atoms with van der Waals surface area (Å²) >= 11 is 5.83. The highest BCUT2D eigenvalue weighted by molar-refractivity contribution is 7.91. The first-order valence-electron chi connectivity index (χ1n) is 6.08. The van der Waals surface area contributed by atoms with Crippen molar-refractivity contribution in [3.63, 3.8) is 0 Å². The number of hydrogen-bond acceptors (Lipinski definition) is 4. The Morgan fingerprint density at radius 3 is 2.50 bits per heavy atom. The van der Waals surface area contributed by atoms with Crippen LogP contribution < -0.4 is 5.32 Å². The van der Waals surface area contributed by atoms with Crippen LogP contribution in [0.2, 0.25) is 5.02 Å². The topological polar surface area (TPSA) is 83.5 Å². The molecule has 0 fully saturated rings. The van der Waals surface area contributed by atoms with Crippen LogP contribution in [0.1, 0.15) is 20.3 Å². The average Bonchev–Trinajstić information content (AvgIpc) is 2.33. The number of hydrogen-bond donors (Lipinski definition) is 2. The van der Waals surface area contributed by atoms with Gasteiger partial charge in [0, 0.05) is 13.0 Å². The van der Waals surface area contributed by atoms with Crippen molar-refractivity contribution >= 4 is 27.3 Å². The maximum atomic E-state index is 12.0. The minimum atomic E-state index is -3.60. The van der Waals surface area contributed by atoms with Gasteiger partial charge in [-0.15, -0.1) is 0 Å². The van der Waals surface area contributed by atoms with E-state index in [1.165, 1.54) is 12.1 Å². The lowest BCUT2D eigenvalue weighted by Crippen LogP contribution is -2.38. The van der Waals surface area contributed by atoms with E-state index >= 15 is 0 Å². The lowest BCUT2D eigenvalue weighted by atomic mass is 10.1.